The molecular weight excluding hydrogens is 272 g/mol. The Bertz CT molecular complexity index is 552. The van der Waals surface area contributed by atoms with Crippen molar-refractivity contribution in [3.05, 3.63) is 16.8 Å². The van der Waals surface area contributed by atoms with Gasteiger partial charge in [-0.05, 0) is 25.8 Å². The third-order valence-electron chi connectivity index (χ3n) is 2.88. The van der Waals surface area contributed by atoms with Crippen molar-refractivity contribution in [2.45, 2.75) is 32.2 Å². The third kappa shape index (κ3) is 3.49. The minimum atomic E-state index is -3.07. The lowest BCUT2D eigenvalue weighted by molar-refractivity contribution is -0.0490. The summed E-state index contributed by atoms with van der Waals surface area (Å²) in [5, 5.41) is 12.2. The summed E-state index contributed by atoms with van der Waals surface area (Å²) < 4.78 is 26.9. The molecule has 0 aliphatic heterocycles. The van der Waals surface area contributed by atoms with E-state index in [0.717, 1.165) is 20.9 Å². The number of hydrogen-bond acceptors (Lipinski definition) is 4. The summed E-state index contributed by atoms with van der Waals surface area (Å²) in [5.74, 6) is -3.07. The van der Waals surface area contributed by atoms with Gasteiger partial charge < -0.3 is 15.4 Å². The number of aromatic amines is 1. The molecule has 2 rings (SSSR count). The molecule has 0 saturated heterocycles. The Kier molecular flexibility index (Phi) is 4.17. The van der Waals surface area contributed by atoms with Crippen LogP contribution in [0.4, 0.5) is 8.78 Å². The molecule has 2 aromatic rings. The highest BCUT2D eigenvalue weighted by Crippen LogP contribution is 2.25. The molecule has 0 aliphatic rings. The van der Waals surface area contributed by atoms with Gasteiger partial charge >= 0.3 is 0 Å². The van der Waals surface area contributed by atoms with E-state index in [0.29, 0.717) is 6.42 Å². The van der Waals surface area contributed by atoms with Gasteiger partial charge in [-0.2, -0.15) is 0 Å². The smallest absolute Gasteiger partial charge is 0.282 e. The predicted octanol–water partition coefficient (Wildman–Crippen LogP) is 2.08. The van der Waals surface area contributed by atoms with Crippen LogP contribution in [0.3, 0.4) is 0 Å². The van der Waals surface area contributed by atoms with E-state index < -0.39 is 19.1 Å². The number of alkyl halides is 2. The number of rotatable bonds is 6. The molecule has 0 saturated carbocycles. The van der Waals surface area contributed by atoms with Crippen LogP contribution in [-0.4, -0.2) is 40.2 Å². The number of thiazole rings is 1. The number of aliphatic hydroxyl groups excluding tert-OH is 1. The number of halogens is 2. The van der Waals surface area contributed by atoms with Gasteiger partial charge in [-0.25, -0.2) is 13.8 Å². The van der Waals surface area contributed by atoms with E-state index in [1.807, 2.05) is 20.0 Å². The molecule has 0 spiro atoms. The van der Waals surface area contributed by atoms with Gasteiger partial charge in [0.05, 0.1) is 16.3 Å². The van der Waals surface area contributed by atoms with Crippen molar-refractivity contribution in [1.29, 1.82) is 0 Å². The lowest BCUT2D eigenvalue weighted by Gasteiger charge is -2.18. The molecule has 3 N–H and O–H groups in total. The zero-order valence-electron chi connectivity index (χ0n) is 10.8. The molecule has 106 valence electrons. The van der Waals surface area contributed by atoms with Crippen LogP contribution in [0.1, 0.15) is 17.5 Å². The molecule has 0 aliphatic carbocycles. The fourth-order valence-electron chi connectivity index (χ4n) is 1.90. The maximum Gasteiger partial charge on any atom is 0.282 e. The minimum absolute atomic E-state index is 0.0983. The van der Waals surface area contributed by atoms with E-state index in [1.165, 1.54) is 0 Å². The summed E-state index contributed by atoms with van der Waals surface area (Å²) in [6.45, 7) is 2.14. The van der Waals surface area contributed by atoms with Crippen LogP contribution in [0.2, 0.25) is 0 Å². The molecule has 0 fully saturated rings. The molecule has 0 bridgehead atoms. The normalized spacial score (nSPS) is 14.2. The number of aliphatic hydroxyl groups is 1. The Morgan fingerprint density at radius 3 is 3.00 bits per heavy atom. The second kappa shape index (κ2) is 5.52. The van der Waals surface area contributed by atoms with Crippen LogP contribution < -0.4 is 5.32 Å². The van der Waals surface area contributed by atoms with Crippen molar-refractivity contribution in [3.63, 3.8) is 0 Å². The van der Waals surface area contributed by atoms with Crippen molar-refractivity contribution >= 4 is 21.7 Å². The van der Waals surface area contributed by atoms with Gasteiger partial charge in [0.1, 0.15) is 12.3 Å². The first kappa shape index (κ1) is 14.4. The Balaban J connectivity index is 1.97. The van der Waals surface area contributed by atoms with E-state index in [2.05, 4.69) is 15.3 Å². The summed E-state index contributed by atoms with van der Waals surface area (Å²) in [7, 11) is 0. The molecule has 4 nitrogen and oxygen atoms in total. The lowest BCUT2D eigenvalue weighted by atomic mass is 10.1. The number of aromatic nitrogens is 2. The molecule has 0 amide bonds. The van der Waals surface area contributed by atoms with Crippen molar-refractivity contribution in [2.75, 3.05) is 13.2 Å². The van der Waals surface area contributed by atoms with E-state index in [-0.39, 0.29) is 6.04 Å². The Morgan fingerprint density at radius 1 is 1.58 bits per heavy atom. The Labute approximate surface area is 113 Å². The second-order valence-corrected chi connectivity index (χ2v) is 5.93. The molecule has 19 heavy (non-hydrogen) atoms. The van der Waals surface area contributed by atoms with Crippen molar-refractivity contribution in [2.24, 2.45) is 0 Å². The number of hydrogen-bond donors (Lipinski definition) is 3. The second-order valence-electron chi connectivity index (χ2n) is 4.72. The quantitative estimate of drug-likeness (QED) is 0.763. The topological polar surface area (TPSA) is 60.9 Å². The number of fused-ring (bicyclic) bond motifs is 1. The van der Waals surface area contributed by atoms with Gasteiger partial charge in [-0.1, -0.05) is 0 Å². The fraction of sp³-hybridized carbons (Fsp3) is 0.583. The van der Waals surface area contributed by atoms with Crippen LogP contribution in [0.25, 0.3) is 10.3 Å². The third-order valence-corrected chi connectivity index (χ3v) is 3.92. The number of nitrogens with zero attached hydrogens (tertiary/aromatic N) is 1. The highest BCUT2D eigenvalue weighted by atomic mass is 32.1. The summed E-state index contributed by atoms with van der Waals surface area (Å²) in [6.07, 6.45) is 2.51. The van der Waals surface area contributed by atoms with E-state index in [9.17, 15) is 8.78 Å². The molecule has 0 aromatic carbocycles. The zero-order chi connectivity index (χ0) is 14.0. The van der Waals surface area contributed by atoms with Crippen molar-refractivity contribution < 1.29 is 13.9 Å². The largest absolute Gasteiger partial charge is 0.390 e. The molecule has 7 heteroatoms. The molecule has 0 radical (unpaired) electrons. The first-order valence-electron chi connectivity index (χ1n) is 6.07. The van der Waals surface area contributed by atoms with Gasteiger partial charge in [0.2, 0.25) is 0 Å². The maximum absolute atomic E-state index is 12.9. The van der Waals surface area contributed by atoms with Gasteiger partial charge in [-0.3, -0.25) is 0 Å². The summed E-state index contributed by atoms with van der Waals surface area (Å²) in [5.41, 5.74) is 1.93. The van der Waals surface area contributed by atoms with Gasteiger partial charge in [-0.15, -0.1) is 11.3 Å². The number of nitrogens with one attached hydrogen (secondary N) is 2. The molecule has 1 unspecified atom stereocenters. The standard InChI is InChI=1S/C12H17F2N3OS/c1-7(16-5-12(13,14)6-18)3-9-4-15-11-10(9)19-8(2)17-11/h4,7,15-16,18H,3,5-6H2,1-2H3. The minimum Gasteiger partial charge on any atom is -0.390 e. The maximum atomic E-state index is 12.9. The van der Waals surface area contributed by atoms with Gasteiger partial charge in [0, 0.05) is 12.2 Å². The average molecular weight is 289 g/mol. The van der Waals surface area contributed by atoms with Crippen molar-refractivity contribution in [3.8, 4) is 0 Å². The molecule has 2 aromatic heterocycles. The van der Waals surface area contributed by atoms with E-state index in [4.69, 9.17) is 5.11 Å². The lowest BCUT2D eigenvalue weighted by Crippen LogP contribution is -2.40. The summed E-state index contributed by atoms with van der Waals surface area (Å²) >= 11 is 1.60. The molecule has 1 atom stereocenters. The van der Waals surface area contributed by atoms with Crippen LogP contribution in [0.5, 0.6) is 0 Å². The van der Waals surface area contributed by atoms with Crippen LogP contribution in [0, 0.1) is 6.92 Å². The van der Waals surface area contributed by atoms with Crippen molar-refractivity contribution in [1.82, 2.24) is 15.3 Å². The molecule has 2 heterocycles. The van der Waals surface area contributed by atoms with Crippen LogP contribution >= 0.6 is 11.3 Å². The Hall–Kier alpha value is -1.05. The van der Waals surface area contributed by atoms with E-state index in [1.54, 1.807) is 11.3 Å². The van der Waals surface area contributed by atoms with Crippen LogP contribution in [-0.2, 0) is 6.42 Å². The van der Waals surface area contributed by atoms with Gasteiger partial charge in [0.25, 0.3) is 5.92 Å². The first-order valence-corrected chi connectivity index (χ1v) is 6.88. The molecular formula is C12H17F2N3OS. The fourth-order valence-corrected chi connectivity index (χ4v) is 2.80. The first-order chi connectivity index (χ1) is 8.91. The summed E-state index contributed by atoms with van der Waals surface area (Å²) in [6, 6.07) is -0.0983. The number of aryl methyl sites for hydroxylation is 1. The number of H-pyrrole nitrogens is 1. The van der Waals surface area contributed by atoms with Crippen LogP contribution in [0.15, 0.2) is 6.20 Å². The predicted molar refractivity (Wildman–Crippen MR) is 71.9 cm³/mol. The monoisotopic (exact) mass is 289 g/mol. The highest BCUT2D eigenvalue weighted by molar-refractivity contribution is 7.18. The zero-order valence-corrected chi connectivity index (χ0v) is 11.7. The average Bonchev–Trinajstić information content (AvgIpc) is 2.88. The Morgan fingerprint density at radius 2 is 2.32 bits per heavy atom. The van der Waals surface area contributed by atoms with Gasteiger partial charge in [0.15, 0.2) is 0 Å². The summed E-state index contributed by atoms with van der Waals surface area (Å²) in [4.78, 5) is 7.41. The van der Waals surface area contributed by atoms with E-state index >= 15 is 0 Å². The SMILES string of the molecule is Cc1nc2[nH]cc(CC(C)NCC(F)(F)CO)c2s1. The highest BCUT2D eigenvalue weighted by Gasteiger charge is 2.27.